The summed E-state index contributed by atoms with van der Waals surface area (Å²) in [7, 11) is 0.931. The van der Waals surface area contributed by atoms with Crippen LogP contribution in [0.2, 0.25) is 0 Å². The van der Waals surface area contributed by atoms with Crippen LogP contribution in [-0.2, 0) is 26.1 Å². The van der Waals surface area contributed by atoms with Gasteiger partial charge in [0.05, 0.1) is 25.7 Å². The summed E-state index contributed by atoms with van der Waals surface area (Å²) >= 11 is 1.30. The zero-order valence-electron chi connectivity index (χ0n) is 20.2. The Bertz CT molecular complexity index is 1390. The number of nitrogens with zero attached hydrogens (tertiary/aromatic N) is 3. The van der Waals surface area contributed by atoms with Gasteiger partial charge in [0.15, 0.2) is 4.80 Å². The second-order valence-corrected chi connectivity index (χ2v) is 11.1. The Balaban J connectivity index is 1.78. The highest BCUT2D eigenvalue weighted by atomic mass is 32.2. The number of hydrogen-bond donors (Lipinski definition) is 0. The molecule has 0 saturated carbocycles. The molecular formula is C24H29N3O6S2. The van der Waals surface area contributed by atoms with Crippen LogP contribution in [0.3, 0.4) is 0 Å². The van der Waals surface area contributed by atoms with Gasteiger partial charge in [-0.15, -0.1) is 0 Å². The molecule has 1 saturated heterocycles. The molecule has 188 valence electrons. The van der Waals surface area contributed by atoms with Gasteiger partial charge in [-0.25, -0.2) is 8.42 Å². The largest absolute Gasteiger partial charge is 0.495 e. The van der Waals surface area contributed by atoms with Gasteiger partial charge >= 0.3 is 0 Å². The maximum Gasteiger partial charge on any atom is 0.266 e. The first-order chi connectivity index (χ1) is 16.8. The maximum absolute atomic E-state index is 13.4. The van der Waals surface area contributed by atoms with Gasteiger partial charge in [-0.05, 0) is 44.0 Å². The van der Waals surface area contributed by atoms with E-state index in [1.165, 1.54) is 15.6 Å². The van der Waals surface area contributed by atoms with E-state index in [1.54, 1.807) is 57.7 Å². The normalized spacial score (nSPS) is 17.3. The molecule has 1 aliphatic heterocycles. The van der Waals surface area contributed by atoms with Gasteiger partial charge in [0.1, 0.15) is 27.8 Å². The van der Waals surface area contributed by atoms with Crippen molar-refractivity contribution < 1.29 is 27.4 Å². The summed E-state index contributed by atoms with van der Waals surface area (Å²) < 4.78 is 46.9. The van der Waals surface area contributed by atoms with Crippen LogP contribution in [0.1, 0.15) is 18.4 Å². The first kappa shape index (κ1) is 25.4. The second-order valence-electron chi connectivity index (χ2n) is 8.21. The average molecular weight is 520 g/mol. The number of carbonyl (C=O) groups excluding carboxylic acids is 1. The molecule has 0 aliphatic carbocycles. The summed E-state index contributed by atoms with van der Waals surface area (Å²) in [4.78, 5) is 18.4. The van der Waals surface area contributed by atoms with E-state index in [-0.39, 0.29) is 11.4 Å². The number of methoxy groups -OCH3 is 3. The van der Waals surface area contributed by atoms with E-state index in [0.717, 1.165) is 15.8 Å². The van der Waals surface area contributed by atoms with Crippen LogP contribution >= 0.6 is 11.3 Å². The molecule has 11 heteroatoms. The monoisotopic (exact) mass is 519 g/mol. The Morgan fingerprint density at radius 1 is 1.09 bits per heavy atom. The van der Waals surface area contributed by atoms with E-state index in [0.29, 0.717) is 42.3 Å². The van der Waals surface area contributed by atoms with Crippen molar-refractivity contribution in [3.63, 3.8) is 0 Å². The van der Waals surface area contributed by atoms with Crippen molar-refractivity contribution in [1.82, 2.24) is 8.87 Å². The number of thiazole rings is 1. The number of hydrogen-bond acceptors (Lipinski definition) is 7. The molecule has 2 heterocycles. The summed E-state index contributed by atoms with van der Waals surface area (Å²) in [6.45, 7) is 3.00. The minimum atomic E-state index is -3.82. The molecular weight excluding hydrogens is 490 g/mol. The second kappa shape index (κ2) is 10.5. The predicted octanol–water partition coefficient (Wildman–Crippen LogP) is 2.96. The summed E-state index contributed by atoms with van der Waals surface area (Å²) in [5, 5.41) is 0. The van der Waals surface area contributed by atoms with Crippen molar-refractivity contribution in [2.75, 3.05) is 34.5 Å². The molecule has 3 aromatic rings. The Labute approximate surface area is 208 Å². The third-order valence-electron chi connectivity index (χ3n) is 6.03. The van der Waals surface area contributed by atoms with Crippen molar-refractivity contribution in [3.05, 3.63) is 46.8 Å². The maximum atomic E-state index is 13.4. The number of aromatic nitrogens is 1. The summed E-state index contributed by atoms with van der Waals surface area (Å²) in [5.74, 6) is 0.760. The highest BCUT2D eigenvalue weighted by Gasteiger charge is 2.39. The van der Waals surface area contributed by atoms with Crippen LogP contribution in [-0.4, -0.2) is 63.7 Å². The highest BCUT2D eigenvalue weighted by molar-refractivity contribution is 7.89. The van der Waals surface area contributed by atoms with Gasteiger partial charge < -0.3 is 18.8 Å². The fraction of sp³-hybridized carbons (Fsp3) is 0.417. The molecule has 2 aromatic carbocycles. The van der Waals surface area contributed by atoms with E-state index in [4.69, 9.17) is 14.2 Å². The van der Waals surface area contributed by atoms with Gasteiger partial charge in [-0.1, -0.05) is 29.0 Å². The highest BCUT2D eigenvalue weighted by Crippen LogP contribution is 2.35. The first-order valence-corrected chi connectivity index (χ1v) is 13.5. The van der Waals surface area contributed by atoms with Crippen LogP contribution in [0.25, 0.3) is 10.2 Å². The standard InChI is InChI=1S/C24H29N3O6S2/c1-16-7-9-17(10-8-16)35(29,30)27-13-5-6-18(27)23(28)25-24-26(14-15-31-2)21-19(32-3)11-12-20(33-4)22(21)34-24/h7-12,18H,5-6,13-15H2,1-4H3. The molecule has 4 rings (SSSR count). The van der Waals surface area contributed by atoms with Crippen molar-refractivity contribution >= 4 is 37.5 Å². The molecule has 1 atom stereocenters. The number of sulfonamides is 1. The molecule has 1 unspecified atom stereocenters. The van der Waals surface area contributed by atoms with E-state index in [1.807, 2.05) is 11.5 Å². The lowest BCUT2D eigenvalue weighted by Crippen LogP contribution is -2.40. The molecule has 1 aliphatic rings. The van der Waals surface area contributed by atoms with Gasteiger partial charge in [0.2, 0.25) is 10.0 Å². The number of amides is 1. The third kappa shape index (κ3) is 4.86. The van der Waals surface area contributed by atoms with Crippen LogP contribution < -0.4 is 14.3 Å². The summed E-state index contributed by atoms with van der Waals surface area (Å²) in [6.07, 6.45) is 1.01. The number of ether oxygens (including phenoxy) is 3. The van der Waals surface area contributed by atoms with E-state index in [9.17, 15) is 13.2 Å². The van der Waals surface area contributed by atoms with E-state index < -0.39 is 22.0 Å². The Morgan fingerprint density at radius 2 is 1.77 bits per heavy atom. The van der Waals surface area contributed by atoms with Crippen LogP contribution in [0.15, 0.2) is 46.3 Å². The number of carbonyl (C=O) groups is 1. The lowest BCUT2D eigenvalue weighted by atomic mass is 10.2. The van der Waals surface area contributed by atoms with Gasteiger partial charge in [0, 0.05) is 20.2 Å². The Hall–Kier alpha value is -2.73. The van der Waals surface area contributed by atoms with Crippen LogP contribution in [0.4, 0.5) is 0 Å². The Morgan fingerprint density at radius 3 is 2.43 bits per heavy atom. The van der Waals surface area contributed by atoms with E-state index in [2.05, 4.69) is 4.99 Å². The molecule has 35 heavy (non-hydrogen) atoms. The number of rotatable bonds is 8. The predicted molar refractivity (Wildman–Crippen MR) is 133 cm³/mol. The molecule has 1 fully saturated rings. The zero-order chi connectivity index (χ0) is 25.2. The van der Waals surface area contributed by atoms with E-state index >= 15 is 0 Å². The topological polar surface area (TPSA) is 99.4 Å². The fourth-order valence-corrected chi connectivity index (χ4v) is 7.04. The number of benzene rings is 2. The SMILES string of the molecule is COCCn1c(=NC(=O)C2CCCN2S(=O)(=O)c2ccc(C)cc2)sc2c(OC)ccc(OC)c21. The van der Waals surface area contributed by atoms with Crippen molar-refractivity contribution in [1.29, 1.82) is 0 Å². The molecule has 1 aromatic heterocycles. The quantitative estimate of drug-likeness (QED) is 0.454. The first-order valence-electron chi connectivity index (χ1n) is 11.2. The smallest absolute Gasteiger partial charge is 0.266 e. The third-order valence-corrected chi connectivity index (χ3v) is 9.05. The fourth-order valence-electron chi connectivity index (χ4n) is 4.22. The average Bonchev–Trinajstić information content (AvgIpc) is 3.48. The lowest BCUT2D eigenvalue weighted by Gasteiger charge is -2.21. The summed E-state index contributed by atoms with van der Waals surface area (Å²) in [5.41, 5.74) is 1.71. The number of aryl methyl sites for hydroxylation is 1. The van der Waals surface area contributed by atoms with Gasteiger partial charge in [-0.2, -0.15) is 9.30 Å². The van der Waals surface area contributed by atoms with Gasteiger partial charge in [0.25, 0.3) is 5.91 Å². The molecule has 0 spiro atoms. The van der Waals surface area contributed by atoms with Crippen molar-refractivity contribution in [2.24, 2.45) is 4.99 Å². The molecule has 0 bridgehead atoms. The minimum absolute atomic E-state index is 0.175. The number of fused-ring (bicyclic) bond motifs is 1. The zero-order valence-corrected chi connectivity index (χ0v) is 21.8. The van der Waals surface area contributed by atoms with Gasteiger partial charge in [-0.3, -0.25) is 4.79 Å². The molecule has 0 radical (unpaired) electrons. The van der Waals surface area contributed by atoms with Crippen molar-refractivity contribution in [2.45, 2.75) is 37.2 Å². The summed E-state index contributed by atoms with van der Waals surface area (Å²) in [6, 6.07) is 9.40. The van der Waals surface area contributed by atoms with Crippen LogP contribution in [0, 0.1) is 6.92 Å². The minimum Gasteiger partial charge on any atom is -0.495 e. The lowest BCUT2D eigenvalue weighted by molar-refractivity contribution is -0.121. The molecule has 0 N–H and O–H groups in total. The Kier molecular flexibility index (Phi) is 7.60. The van der Waals surface area contributed by atoms with Crippen LogP contribution in [0.5, 0.6) is 11.5 Å². The van der Waals surface area contributed by atoms with Crippen molar-refractivity contribution in [3.8, 4) is 11.5 Å². The molecule has 9 nitrogen and oxygen atoms in total. The molecule has 1 amide bonds.